The molecule has 0 aromatic heterocycles. The maximum Gasteiger partial charge on any atom is 0.241 e. The van der Waals surface area contributed by atoms with Crippen molar-refractivity contribution in [1.29, 1.82) is 0 Å². The molecule has 1 fully saturated rings. The topological polar surface area (TPSA) is 44.8 Å². The summed E-state index contributed by atoms with van der Waals surface area (Å²) in [4.78, 5) is 17.5. The van der Waals surface area contributed by atoms with Crippen LogP contribution in [0, 0.1) is 20.8 Å². The average molecular weight is 382 g/mol. The molecule has 2 aromatic rings. The quantitative estimate of drug-likeness (QED) is 0.856. The van der Waals surface area contributed by atoms with Crippen molar-refractivity contribution in [3.05, 3.63) is 53.1 Å². The maximum atomic E-state index is 12.8. The summed E-state index contributed by atoms with van der Waals surface area (Å²) < 4.78 is 5.23. The van der Waals surface area contributed by atoms with Crippen LogP contribution >= 0.6 is 0 Å². The van der Waals surface area contributed by atoms with E-state index < -0.39 is 0 Å². The lowest BCUT2D eigenvalue weighted by Crippen LogP contribution is -2.52. The third-order valence-corrected chi connectivity index (χ3v) is 5.60. The summed E-state index contributed by atoms with van der Waals surface area (Å²) in [5.41, 5.74) is 5.59. The summed E-state index contributed by atoms with van der Waals surface area (Å²) >= 11 is 0. The average Bonchev–Trinajstić information content (AvgIpc) is 2.70. The van der Waals surface area contributed by atoms with Crippen LogP contribution in [0.2, 0.25) is 0 Å². The fourth-order valence-electron chi connectivity index (χ4n) is 3.93. The second kappa shape index (κ2) is 8.65. The number of carbonyl (C=O) groups is 1. The molecule has 5 nitrogen and oxygen atoms in total. The Balaban J connectivity index is 1.58. The maximum absolute atomic E-state index is 12.8. The number of methoxy groups -OCH3 is 1. The predicted octanol–water partition coefficient (Wildman–Crippen LogP) is 3.77. The number of piperazine rings is 1. The zero-order valence-electron chi connectivity index (χ0n) is 17.6. The minimum Gasteiger partial charge on any atom is -0.497 e. The first-order valence-electron chi connectivity index (χ1n) is 9.91. The lowest BCUT2D eigenvalue weighted by Gasteiger charge is -2.38. The molecule has 1 heterocycles. The Morgan fingerprint density at radius 1 is 1.00 bits per heavy atom. The second-order valence-corrected chi connectivity index (χ2v) is 7.66. The SMILES string of the molecule is COc1ccc(N2CCN([C@@H](C)C(=O)Nc3c(C)cc(C)cc3C)CC2)cc1. The first-order valence-corrected chi connectivity index (χ1v) is 9.91. The molecule has 1 saturated heterocycles. The van der Waals surface area contributed by atoms with Crippen LogP contribution in [0.5, 0.6) is 5.75 Å². The van der Waals surface area contributed by atoms with Crippen molar-refractivity contribution >= 4 is 17.3 Å². The van der Waals surface area contributed by atoms with Gasteiger partial charge in [0.15, 0.2) is 0 Å². The lowest BCUT2D eigenvalue weighted by atomic mass is 10.0. The van der Waals surface area contributed by atoms with Gasteiger partial charge in [0, 0.05) is 37.6 Å². The summed E-state index contributed by atoms with van der Waals surface area (Å²) in [5.74, 6) is 0.933. The van der Waals surface area contributed by atoms with Crippen LogP contribution in [0.3, 0.4) is 0 Å². The number of ether oxygens (including phenoxy) is 1. The summed E-state index contributed by atoms with van der Waals surface area (Å²) in [6.45, 7) is 11.7. The summed E-state index contributed by atoms with van der Waals surface area (Å²) in [7, 11) is 1.68. The molecule has 1 N–H and O–H groups in total. The standard InChI is InChI=1S/C23H31N3O2/c1-16-14-17(2)22(18(3)15-16)24-23(27)19(4)25-10-12-26(13-11-25)20-6-8-21(28-5)9-7-20/h6-9,14-15,19H,10-13H2,1-5H3,(H,24,27)/t19-/m0/s1. The third-order valence-electron chi connectivity index (χ3n) is 5.60. The van der Waals surface area contributed by atoms with Gasteiger partial charge in [-0.15, -0.1) is 0 Å². The minimum absolute atomic E-state index is 0.0629. The number of hydrogen-bond donors (Lipinski definition) is 1. The van der Waals surface area contributed by atoms with Crippen LogP contribution < -0.4 is 15.0 Å². The minimum atomic E-state index is -0.155. The van der Waals surface area contributed by atoms with Crippen molar-refractivity contribution < 1.29 is 9.53 Å². The van der Waals surface area contributed by atoms with E-state index in [0.29, 0.717) is 0 Å². The van der Waals surface area contributed by atoms with Crippen molar-refractivity contribution in [2.24, 2.45) is 0 Å². The Morgan fingerprint density at radius 3 is 2.11 bits per heavy atom. The predicted molar refractivity (Wildman–Crippen MR) is 116 cm³/mol. The van der Waals surface area contributed by atoms with Gasteiger partial charge in [-0.05, 0) is 63.1 Å². The van der Waals surface area contributed by atoms with E-state index >= 15 is 0 Å². The smallest absolute Gasteiger partial charge is 0.241 e. The van der Waals surface area contributed by atoms with E-state index in [-0.39, 0.29) is 11.9 Å². The van der Waals surface area contributed by atoms with E-state index in [4.69, 9.17) is 4.74 Å². The number of carbonyl (C=O) groups excluding carboxylic acids is 1. The van der Waals surface area contributed by atoms with Crippen LogP contribution in [0.4, 0.5) is 11.4 Å². The van der Waals surface area contributed by atoms with Crippen molar-refractivity contribution in [2.45, 2.75) is 33.7 Å². The zero-order valence-corrected chi connectivity index (χ0v) is 17.6. The van der Waals surface area contributed by atoms with Gasteiger partial charge < -0.3 is 15.0 Å². The molecule has 150 valence electrons. The highest BCUT2D eigenvalue weighted by atomic mass is 16.5. The summed E-state index contributed by atoms with van der Waals surface area (Å²) in [6.07, 6.45) is 0. The Labute approximate surface area is 168 Å². The molecule has 3 rings (SSSR count). The van der Waals surface area contributed by atoms with Crippen LogP contribution in [0.15, 0.2) is 36.4 Å². The number of aryl methyl sites for hydroxylation is 3. The van der Waals surface area contributed by atoms with Gasteiger partial charge in [0.25, 0.3) is 0 Å². The van der Waals surface area contributed by atoms with Gasteiger partial charge in [0.1, 0.15) is 5.75 Å². The first kappa shape index (κ1) is 20.2. The Hall–Kier alpha value is -2.53. The van der Waals surface area contributed by atoms with Crippen LogP contribution in [0.1, 0.15) is 23.6 Å². The summed E-state index contributed by atoms with van der Waals surface area (Å²) in [5, 5.41) is 3.15. The van der Waals surface area contributed by atoms with E-state index in [1.54, 1.807) is 7.11 Å². The van der Waals surface area contributed by atoms with Crippen LogP contribution in [-0.4, -0.2) is 50.1 Å². The van der Waals surface area contributed by atoms with Crippen molar-refractivity contribution in [2.75, 3.05) is 43.5 Å². The second-order valence-electron chi connectivity index (χ2n) is 7.66. The highest BCUT2D eigenvalue weighted by Gasteiger charge is 2.26. The third kappa shape index (κ3) is 4.47. The van der Waals surface area contributed by atoms with Gasteiger partial charge in [-0.2, -0.15) is 0 Å². The number of nitrogens with one attached hydrogen (secondary N) is 1. The molecule has 0 unspecified atom stereocenters. The monoisotopic (exact) mass is 381 g/mol. The molecule has 0 radical (unpaired) electrons. The van der Waals surface area contributed by atoms with Crippen molar-refractivity contribution in [3.8, 4) is 5.75 Å². The van der Waals surface area contributed by atoms with Crippen LogP contribution in [0.25, 0.3) is 0 Å². The van der Waals surface area contributed by atoms with Gasteiger partial charge in [-0.1, -0.05) is 17.7 Å². The molecule has 1 aliphatic rings. The molecule has 0 bridgehead atoms. The molecule has 1 amide bonds. The molecule has 0 saturated carbocycles. The van der Waals surface area contributed by atoms with Crippen molar-refractivity contribution in [1.82, 2.24) is 4.90 Å². The normalized spacial score (nSPS) is 16.0. The molecule has 0 aliphatic carbocycles. The van der Waals surface area contributed by atoms with Gasteiger partial charge >= 0.3 is 0 Å². The number of amides is 1. The van der Waals surface area contributed by atoms with E-state index in [2.05, 4.69) is 46.3 Å². The first-order chi connectivity index (χ1) is 13.4. The number of anilines is 2. The van der Waals surface area contributed by atoms with E-state index in [1.807, 2.05) is 32.9 Å². The molecule has 1 aliphatic heterocycles. The molecule has 5 heteroatoms. The number of benzene rings is 2. The molecule has 0 spiro atoms. The fourth-order valence-corrected chi connectivity index (χ4v) is 3.93. The molecular weight excluding hydrogens is 350 g/mol. The van der Waals surface area contributed by atoms with Crippen molar-refractivity contribution in [3.63, 3.8) is 0 Å². The van der Waals surface area contributed by atoms with Crippen LogP contribution in [-0.2, 0) is 4.79 Å². The van der Waals surface area contributed by atoms with Gasteiger partial charge in [-0.25, -0.2) is 0 Å². The van der Waals surface area contributed by atoms with Gasteiger partial charge in [-0.3, -0.25) is 9.69 Å². The molecular formula is C23H31N3O2. The number of rotatable bonds is 5. The number of nitrogens with zero attached hydrogens (tertiary/aromatic N) is 2. The highest BCUT2D eigenvalue weighted by molar-refractivity contribution is 5.96. The largest absolute Gasteiger partial charge is 0.497 e. The fraction of sp³-hybridized carbons (Fsp3) is 0.435. The Kier molecular flexibility index (Phi) is 6.25. The Bertz CT molecular complexity index is 801. The van der Waals surface area contributed by atoms with E-state index in [0.717, 1.165) is 48.7 Å². The highest BCUT2D eigenvalue weighted by Crippen LogP contribution is 2.24. The van der Waals surface area contributed by atoms with E-state index in [9.17, 15) is 4.79 Å². The molecule has 28 heavy (non-hydrogen) atoms. The van der Waals surface area contributed by atoms with Gasteiger partial charge in [0.05, 0.1) is 13.2 Å². The molecule has 1 atom stereocenters. The molecule has 2 aromatic carbocycles. The lowest BCUT2D eigenvalue weighted by molar-refractivity contribution is -0.120. The zero-order chi connectivity index (χ0) is 20.3. The number of hydrogen-bond acceptors (Lipinski definition) is 4. The van der Waals surface area contributed by atoms with E-state index in [1.165, 1.54) is 11.3 Å². The van der Waals surface area contributed by atoms with Gasteiger partial charge in [0.2, 0.25) is 5.91 Å². The summed E-state index contributed by atoms with van der Waals surface area (Å²) in [6, 6.07) is 12.2. The Morgan fingerprint density at radius 2 is 1.57 bits per heavy atom.